The molecule has 0 spiro atoms. The van der Waals surface area contributed by atoms with Crippen molar-refractivity contribution in [2.24, 2.45) is 0 Å². The van der Waals surface area contributed by atoms with E-state index in [1.165, 1.54) is 0 Å². The topological polar surface area (TPSA) is 40.6 Å². The van der Waals surface area contributed by atoms with E-state index in [-0.39, 0.29) is 17.4 Å². The Balaban J connectivity index is 1.88. The molecule has 0 saturated carbocycles. The van der Waals surface area contributed by atoms with Crippen molar-refractivity contribution in [3.8, 4) is 0 Å². The first-order chi connectivity index (χ1) is 9.50. The lowest BCUT2D eigenvalue weighted by Crippen LogP contribution is -2.48. The van der Waals surface area contributed by atoms with Gasteiger partial charge in [0.15, 0.2) is 0 Å². The van der Waals surface area contributed by atoms with E-state index < -0.39 is 0 Å². The molecule has 2 amide bonds. The molecule has 0 unspecified atom stereocenters. The van der Waals surface area contributed by atoms with Gasteiger partial charge in [0, 0.05) is 38.0 Å². The molecule has 2 saturated heterocycles. The summed E-state index contributed by atoms with van der Waals surface area (Å²) >= 11 is 0. The van der Waals surface area contributed by atoms with Crippen LogP contribution in [0.5, 0.6) is 0 Å². The van der Waals surface area contributed by atoms with Crippen LogP contribution in [0.15, 0.2) is 0 Å². The van der Waals surface area contributed by atoms with E-state index in [1.54, 1.807) is 0 Å². The Hall–Kier alpha value is -1.06. The summed E-state index contributed by atoms with van der Waals surface area (Å²) in [6.07, 6.45) is 7.53. The van der Waals surface area contributed by atoms with Crippen molar-refractivity contribution < 1.29 is 9.59 Å². The maximum Gasteiger partial charge on any atom is 0.223 e. The number of carbonyl (C=O) groups excluding carboxylic acids is 2. The fourth-order valence-electron chi connectivity index (χ4n) is 3.30. The molecular formula is C16H28N2O2. The smallest absolute Gasteiger partial charge is 0.223 e. The van der Waals surface area contributed by atoms with Crippen molar-refractivity contribution >= 4 is 11.8 Å². The summed E-state index contributed by atoms with van der Waals surface area (Å²) < 4.78 is 0. The zero-order valence-corrected chi connectivity index (χ0v) is 13.0. The van der Waals surface area contributed by atoms with Gasteiger partial charge in [-0.3, -0.25) is 9.59 Å². The number of hydrogen-bond donors (Lipinski definition) is 0. The zero-order chi connectivity index (χ0) is 14.6. The van der Waals surface area contributed by atoms with Gasteiger partial charge in [0.2, 0.25) is 11.8 Å². The lowest BCUT2D eigenvalue weighted by Gasteiger charge is -2.38. The SMILES string of the molecule is CC(C)(CCC(=O)N1CCCC1)N1CCCCCC1=O. The van der Waals surface area contributed by atoms with Crippen molar-refractivity contribution in [1.29, 1.82) is 0 Å². The molecule has 20 heavy (non-hydrogen) atoms. The minimum Gasteiger partial charge on any atom is -0.343 e. The lowest BCUT2D eigenvalue weighted by molar-refractivity contribution is -0.138. The van der Waals surface area contributed by atoms with Crippen molar-refractivity contribution in [2.45, 2.75) is 70.8 Å². The Morgan fingerprint density at radius 2 is 1.70 bits per heavy atom. The number of rotatable bonds is 4. The average Bonchev–Trinajstić information content (AvgIpc) is 2.85. The molecule has 4 nitrogen and oxygen atoms in total. The molecule has 0 aromatic carbocycles. The molecule has 0 aromatic rings. The average molecular weight is 280 g/mol. The number of amides is 2. The molecule has 2 aliphatic rings. The summed E-state index contributed by atoms with van der Waals surface area (Å²) in [5.74, 6) is 0.527. The van der Waals surface area contributed by atoms with Gasteiger partial charge in [0.05, 0.1) is 0 Å². The van der Waals surface area contributed by atoms with Crippen LogP contribution in [0.1, 0.15) is 65.2 Å². The molecule has 2 rings (SSSR count). The van der Waals surface area contributed by atoms with E-state index >= 15 is 0 Å². The molecule has 2 aliphatic heterocycles. The van der Waals surface area contributed by atoms with Crippen LogP contribution in [-0.2, 0) is 9.59 Å². The number of nitrogens with zero attached hydrogens (tertiary/aromatic N) is 2. The van der Waals surface area contributed by atoms with Crippen LogP contribution in [0.25, 0.3) is 0 Å². The molecule has 0 aliphatic carbocycles. The fourth-order valence-corrected chi connectivity index (χ4v) is 3.30. The minimum atomic E-state index is -0.198. The highest BCUT2D eigenvalue weighted by molar-refractivity contribution is 5.78. The van der Waals surface area contributed by atoms with Crippen molar-refractivity contribution in [3.63, 3.8) is 0 Å². The van der Waals surface area contributed by atoms with E-state index in [1.807, 2.05) is 9.80 Å². The van der Waals surface area contributed by atoms with Gasteiger partial charge < -0.3 is 9.80 Å². The molecule has 0 aromatic heterocycles. The highest BCUT2D eigenvalue weighted by Gasteiger charge is 2.32. The summed E-state index contributed by atoms with van der Waals surface area (Å²) in [7, 11) is 0. The third kappa shape index (κ3) is 3.74. The van der Waals surface area contributed by atoms with Crippen molar-refractivity contribution in [2.75, 3.05) is 19.6 Å². The Morgan fingerprint density at radius 1 is 1.05 bits per heavy atom. The number of likely N-dealkylation sites (tertiary alicyclic amines) is 2. The van der Waals surface area contributed by atoms with Crippen LogP contribution in [-0.4, -0.2) is 46.8 Å². The van der Waals surface area contributed by atoms with Gasteiger partial charge in [0.25, 0.3) is 0 Å². The van der Waals surface area contributed by atoms with E-state index in [9.17, 15) is 9.59 Å². The molecule has 2 heterocycles. The van der Waals surface area contributed by atoms with Crippen LogP contribution in [0.4, 0.5) is 0 Å². The highest BCUT2D eigenvalue weighted by Crippen LogP contribution is 2.26. The molecule has 114 valence electrons. The summed E-state index contributed by atoms with van der Waals surface area (Å²) in [4.78, 5) is 28.3. The third-order valence-electron chi connectivity index (χ3n) is 4.71. The minimum absolute atomic E-state index is 0.198. The Bertz CT molecular complexity index is 359. The first kappa shape index (κ1) is 15.3. The van der Waals surface area contributed by atoms with Gasteiger partial charge in [0.1, 0.15) is 0 Å². The van der Waals surface area contributed by atoms with Gasteiger partial charge in [-0.25, -0.2) is 0 Å². The second-order valence-corrected chi connectivity index (χ2v) is 6.76. The monoisotopic (exact) mass is 280 g/mol. The van der Waals surface area contributed by atoms with Gasteiger partial charge in [-0.1, -0.05) is 6.42 Å². The molecule has 2 fully saturated rings. The van der Waals surface area contributed by atoms with E-state index in [2.05, 4.69) is 13.8 Å². The normalized spacial score (nSPS) is 21.2. The molecule has 0 bridgehead atoms. The molecule has 4 heteroatoms. The predicted molar refractivity (Wildman–Crippen MR) is 79.3 cm³/mol. The number of carbonyl (C=O) groups is 2. The van der Waals surface area contributed by atoms with E-state index in [0.717, 1.165) is 58.2 Å². The number of hydrogen-bond acceptors (Lipinski definition) is 2. The molecule has 0 radical (unpaired) electrons. The first-order valence-corrected chi connectivity index (χ1v) is 8.09. The fraction of sp³-hybridized carbons (Fsp3) is 0.875. The second-order valence-electron chi connectivity index (χ2n) is 6.76. The largest absolute Gasteiger partial charge is 0.343 e. The molecule has 0 atom stereocenters. The van der Waals surface area contributed by atoms with Crippen LogP contribution in [0, 0.1) is 0 Å². The Labute approximate surface area is 122 Å². The maximum absolute atomic E-state index is 12.2. The summed E-state index contributed by atoms with van der Waals surface area (Å²) in [6.45, 7) is 6.90. The van der Waals surface area contributed by atoms with Crippen molar-refractivity contribution in [1.82, 2.24) is 9.80 Å². The lowest BCUT2D eigenvalue weighted by atomic mass is 9.95. The highest BCUT2D eigenvalue weighted by atomic mass is 16.2. The van der Waals surface area contributed by atoms with E-state index in [0.29, 0.717) is 12.8 Å². The maximum atomic E-state index is 12.2. The van der Waals surface area contributed by atoms with Gasteiger partial charge in [-0.05, 0) is 46.0 Å². The van der Waals surface area contributed by atoms with Gasteiger partial charge in [-0.15, -0.1) is 0 Å². The molecular weight excluding hydrogens is 252 g/mol. The standard InChI is InChI=1S/C16H28N2O2/c1-16(2,18-13-5-3-4-8-15(18)20)10-9-14(19)17-11-6-7-12-17/h3-13H2,1-2H3. The quantitative estimate of drug-likeness (QED) is 0.794. The summed E-state index contributed by atoms with van der Waals surface area (Å²) in [5, 5.41) is 0. The second kappa shape index (κ2) is 6.59. The van der Waals surface area contributed by atoms with E-state index in [4.69, 9.17) is 0 Å². The summed E-state index contributed by atoms with van der Waals surface area (Å²) in [6, 6.07) is 0. The predicted octanol–water partition coefficient (Wildman–Crippen LogP) is 2.57. The first-order valence-electron chi connectivity index (χ1n) is 8.09. The Morgan fingerprint density at radius 3 is 2.40 bits per heavy atom. The van der Waals surface area contributed by atoms with Crippen LogP contribution < -0.4 is 0 Å². The Kier molecular flexibility index (Phi) is 5.06. The van der Waals surface area contributed by atoms with Crippen LogP contribution in [0.3, 0.4) is 0 Å². The summed E-state index contributed by atoms with van der Waals surface area (Å²) in [5.41, 5.74) is -0.198. The van der Waals surface area contributed by atoms with Crippen molar-refractivity contribution in [3.05, 3.63) is 0 Å². The zero-order valence-electron chi connectivity index (χ0n) is 13.0. The third-order valence-corrected chi connectivity index (χ3v) is 4.71. The van der Waals surface area contributed by atoms with Gasteiger partial charge in [-0.2, -0.15) is 0 Å². The molecule has 0 N–H and O–H groups in total. The van der Waals surface area contributed by atoms with Crippen LogP contribution >= 0.6 is 0 Å². The van der Waals surface area contributed by atoms with Gasteiger partial charge >= 0.3 is 0 Å². The van der Waals surface area contributed by atoms with Crippen LogP contribution in [0.2, 0.25) is 0 Å².